The van der Waals surface area contributed by atoms with E-state index in [1.54, 1.807) is 6.20 Å². The van der Waals surface area contributed by atoms with Gasteiger partial charge in [-0.15, -0.1) is 0 Å². The minimum absolute atomic E-state index is 0.0519. The Morgan fingerprint density at radius 2 is 1.38 bits per heavy atom. The third kappa shape index (κ3) is 7.05. The van der Waals surface area contributed by atoms with E-state index in [2.05, 4.69) is 20.6 Å². The van der Waals surface area contributed by atoms with Crippen LogP contribution in [-0.4, -0.2) is 74.4 Å². The second-order valence-electron chi connectivity index (χ2n) is 12.1. The number of para-hydroxylation sites is 2. The Bertz CT molecular complexity index is 1900. The van der Waals surface area contributed by atoms with E-state index in [9.17, 15) is 24.3 Å². The molecule has 47 heavy (non-hydrogen) atoms. The number of aromatic amines is 2. The van der Waals surface area contributed by atoms with Crippen LogP contribution in [0.3, 0.4) is 0 Å². The summed E-state index contributed by atoms with van der Waals surface area (Å²) in [5.74, 6) is -2.62. The van der Waals surface area contributed by atoms with E-state index in [4.69, 9.17) is 5.73 Å². The van der Waals surface area contributed by atoms with Gasteiger partial charge in [-0.25, -0.2) is 4.79 Å². The Morgan fingerprint density at radius 3 is 2.02 bits per heavy atom. The van der Waals surface area contributed by atoms with Gasteiger partial charge in [0.1, 0.15) is 18.1 Å². The van der Waals surface area contributed by atoms with E-state index in [1.807, 2.05) is 85.1 Å². The smallest absolute Gasteiger partial charge is 0.326 e. The monoisotopic (exact) mass is 634 g/mol. The largest absolute Gasteiger partial charge is 0.480 e. The number of likely N-dealkylation sites (tertiary alicyclic amines) is 1. The number of carbonyl (C=O) groups excluding carboxylic acids is 3. The van der Waals surface area contributed by atoms with E-state index in [0.29, 0.717) is 25.8 Å². The Balaban J connectivity index is 1.16. The summed E-state index contributed by atoms with van der Waals surface area (Å²) in [6.45, 7) is 0.375. The molecular weight excluding hydrogens is 596 g/mol. The lowest BCUT2D eigenvalue weighted by Gasteiger charge is -2.28. The molecule has 0 aliphatic carbocycles. The number of amides is 3. The predicted molar refractivity (Wildman–Crippen MR) is 178 cm³/mol. The van der Waals surface area contributed by atoms with Crippen molar-refractivity contribution >= 4 is 45.5 Å². The molecule has 1 fully saturated rings. The van der Waals surface area contributed by atoms with Crippen molar-refractivity contribution in [1.29, 1.82) is 0 Å². The molecule has 1 saturated heterocycles. The first-order valence-corrected chi connectivity index (χ1v) is 15.8. The molecule has 4 unspecified atom stereocenters. The molecular formula is C36H38N6O5. The number of aromatic nitrogens is 2. The lowest BCUT2D eigenvalue weighted by Crippen LogP contribution is -2.57. The number of nitrogens with zero attached hydrogens (tertiary/aromatic N) is 1. The molecule has 3 aromatic carbocycles. The molecule has 3 heterocycles. The number of carboxylic acids is 1. The molecule has 3 amide bonds. The van der Waals surface area contributed by atoms with Gasteiger partial charge in [-0.2, -0.15) is 0 Å². The van der Waals surface area contributed by atoms with Gasteiger partial charge >= 0.3 is 5.97 Å². The number of nitrogens with one attached hydrogen (secondary N) is 4. The minimum atomic E-state index is -1.23. The number of benzene rings is 3. The van der Waals surface area contributed by atoms with Crippen LogP contribution in [0.15, 0.2) is 91.3 Å². The normalized spacial score (nSPS) is 16.5. The van der Waals surface area contributed by atoms with Crippen molar-refractivity contribution in [3.8, 4) is 0 Å². The van der Waals surface area contributed by atoms with Crippen LogP contribution < -0.4 is 16.4 Å². The van der Waals surface area contributed by atoms with Crippen molar-refractivity contribution < 1.29 is 24.3 Å². The molecule has 0 radical (unpaired) electrons. The van der Waals surface area contributed by atoms with Gasteiger partial charge in [0.2, 0.25) is 17.7 Å². The van der Waals surface area contributed by atoms with E-state index in [-0.39, 0.29) is 18.7 Å². The van der Waals surface area contributed by atoms with E-state index in [1.165, 1.54) is 4.90 Å². The molecule has 0 spiro atoms. The average Bonchev–Trinajstić information content (AvgIpc) is 3.83. The number of carboxylic acid groups (broad SMARTS) is 1. The molecule has 0 saturated carbocycles. The van der Waals surface area contributed by atoms with Crippen molar-refractivity contribution in [3.63, 3.8) is 0 Å². The van der Waals surface area contributed by atoms with Crippen LogP contribution in [-0.2, 0) is 38.4 Å². The lowest BCUT2D eigenvalue weighted by molar-refractivity contribution is -0.143. The fraction of sp³-hybridized carbons (Fsp3) is 0.278. The maximum atomic E-state index is 13.8. The highest BCUT2D eigenvalue weighted by molar-refractivity contribution is 5.95. The van der Waals surface area contributed by atoms with Crippen molar-refractivity contribution in [1.82, 2.24) is 25.5 Å². The zero-order chi connectivity index (χ0) is 32.9. The van der Waals surface area contributed by atoms with Crippen LogP contribution in [0.5, 0.6) is 0 Å². The summed E-state index contributed by atoms with van der Waals surface area (Å²) in [7, 11) is 0. The Morgan fingerprint density at radius 1 is 0.787 bits per heavy atom. The highest BCUT2D eigenvalue weighted by Crippen LogP contribution is 2.23. The van der Waals surface area contributed by atoms with Crippen LogP contribution in [0, 0.1) is 0 Å². The molecule has 11 nitrogen and oxygen atoms in total. The quantitative estimate of drug-likeness (QED) is 0.123. The lowest BCUT2D eigenvalue weighted by atomic mass is 10.0. The standard InChI is InChI=1S/C36H38N6O5/c37-27(18-23-20-38-28-13-6-4-11-25(23)28)35(45)42-16-8-15-32(42)34(44)40-30(17-22-9-2-1-3-10-22)33(43)41-31(36(46)47)19-24-21-39-29-14-7-5-12-26(24)29/h1-7,9-14,20-21,27,30-32,38-39H,8,15-19,37H2,(H,40,44)(H,41,43)(H,46,47). The number of rotatable bonds is 12. The SMILES string of the molecule is NC(Cc1c[nH]c2ccccc12)C(=O)N1CCCC1C(=O)NC(Cc1ccccc1)C(=O)NC(Cc1c[nH]c2ccccc12)C(=O)O. The molecule has 2 aromatic heterocycles. The first kappa shape index (κ1) is 31.6. The number of H-pyrrole nitrogens is 2. The predicted octanol–water partition coefficient (Wildman–Crippen LogP) is 3.05. The first-order chi connectivity index (χ1) is 22.8. The van der Waals surface area contributed by atoms with Crippen molar-refractivity contribution in [2.45, 2.75) is 56.3 Å². The fourth-order valence-corrected chi connectivity index (χ4v) is 6.46. The number of aliphatic carboxylic acids is 1. The number of hydrogen-bond acceptors (Lipinski definition) is 5. The summed E-state index contributed by atoms with van der Waals surface area (Å²) in [5, 5.41) is 17.4. The van der Waals surface area contributed by atoms with Crippen molar-refractivity contribution in [2.75, 3.05) is 6.54 Å². The van der Waals surface area contributed by atoms with Crippen LogP contribution in [0.25, 0.3) is 21.8 Å². The topological polar surface area (TPSA) is 173 Å². The van der Waals surface area contributed by atoms with Crippen molar-refractivity contribution in [3.05, 3.63) is 108 Å². The van der Waals surface area contributed by atoms with Gasteiger partial charge in [0.05, 0.1) is 6.04 Å². The summed E-state index contributed by atoms with van der Waals surface area (Å²) in [4.78, 5) is 61.2. The first-order valence-electron chi connectivity index (χ1n) is 15.8. The van der Waals surface area contributed by atoms with Crippen LogP contribution >= 0.6 is 0 Å². The molecule has 0 bridgehead atoms. The fourth-order valence-electron chi connectivity index (χ4n) is 6.46. The highest BCUT2D eigenvalue weighted by Gasteiger charge is 2.38. The van der Waals surface area contributed by atoms with Gasteiger partial charge in [0, 0.05) is 53.6 Å². The summed E-state index contributed by atoms with van der Waals surface area (Å²) in [6, 6.07) is 20.5. The third-order valence-corrected chi connectivity index (χ3v) is 8.90. The van der Waals surface area contributed by atoms with E-state index >= 15 is 0 Å². The molecule has 6 rings (SSSR count). The van der Waals surface area contributed by atoms with Gasteiger partial charge in [0.15, 0.2) is 0 Å². The highest BCUT2D eigenvalue weighted by atomic mass is 16.4. The summed E-state index contributed by atoms with van der Waals surface area (Å²) in [6.07, 6.45) is 5.13. The summed E-state index contributed by atoms with van der Waals surface area (Å²) >= 11 is 0. The molecule has 11 heteroatoms. The Labute approximate surface area is 271 Å². The molecule has 7 N–H and O–H groups in total. The Hall–Kier alpha value is -5.42. The summed E-state index contributed by atoms with van der Waals surface area (Å²) in [5.41, 5.74) is 10.7. The molecule has 242 valence electrons. The zero-order valence-corrected chi connectivity index (χ0v) is 25.8. The van der Waals surface area contributed by atoms with Gasteiger partial charge < -0.3 is 36.3 Å². The number of nitrogens with two attached hydrogens (primary N) is 1. The van der Waals surface area contributed by atoms with Gasteiger partial charge in [-0.3, -0.25) is 14.4 Å². The van der Waals surface area contributed by atoms with E-state index < -0.39 is 42.0 Å². The second-order valence-corrected chi connectivity index (χ2v) is 12.1. The van der Waals surface area contributed by atoms with Crippen LogP contribution in [0.4, 0.5) is 0 Å². The number of carbonyl (C=O) groups is 4. The maximum absolute atomic E-state index is 13.8. The van der Waals surface area contributed by atoms with Gasteiger partial charge in [0.25, 0.3) is 0 Å². The average molecular weight is 635 g/mol. The van der Waals surface area contributed by atoms with Crippen molar-refractivity contribution in [2.24, 2.45) is 5.73 Å². The zero-order valence-electron chi connectivity index (χ0n) is 25.8. The van der Waals surface area contributed by atoms with Gasteiger partial charge in [-0.1, -0.05) is 66.7 Å². The molecule has 5 aromatic rings. The van der Waals surface area contributed by atoms with E-state index in [0.717, 1.165) is 38.5 Å². The van der Waals surface area contributed by atoms with Crippen LogP contribution in [0.1, 0.15) is 29.5 Å². The molecule has 1 aliphatic heterocycles. The molecule has 1 aliphatic rings. The van der Waals surface area contributed by atoms with Gasteiger partial charge in [-0.05, 0) is 48.1 Å². The number of hydrogen-bond donors (Lipinski definition) is 6. The maximum Gasteiger partial charge on any atom is 0.326 e. The minimum Gasteiger partial charge on any atom is -0.480 e. The number of fused-ring (bicyclic) bond motifs is 2. The summed E-state index contributed by atoms with van der Waals surface area (Å²) < 4.78 is 0. The van der Waals surface area contributed by atoms with Crippen LogP contribution in [0.2, 0.25) is 0 Å². The third-order valence-electron chi connectivity index (χ3n) is 8.90. The molecule has 4 atom stereocenters. The Kier molecular flexibility index (Phi) is 9.35. The second kappa shape index (κ2) is 13.9.